The molecule has 0 spiro atoms. The van der Waals surface area contributed by atoms with Gasteiger partial charge in [-0.15, -0.1) is 0 Å². The van der Waals surface area contributed by atoms with Crippen LogP contribution < -0.4 is 15.1 Å². The van der Waals surface area contributed by atoms with Gasteiger partial charge in [-0.25, -0.2) is 4.90 Å². The Kier molecular flexibility index (Phi) is 7.47. The maximum Gasteiger partial charge on any atom is 0.416 e. The van der Waals surface area contributed by atoms with Crippen LogP contribution in [-0.2, 0) is 27.1 Å². The number of carbonyl (C=O) groups excluding carboxylic acids is 3. The molecule has 4 aromatic rings. The number of rotatable bonds is 5. The number of hydrogen-bond donors (Lipinski definition) is 2. The molecule has 0 bridgehead atoms. The highest BCUT2D eigenvalue weighted by Crippen LogP contribution is 2.55. The van der Waals surface area contributed by atoms with E-state index in [1.165, 1.54) is 12.1 Å². The van der Waals surface area contributed by atoms with E-state index >= 15 is 0 Å². The topological polar surface area (TPSA) is 109 Å². The van der Waals surface area contributed by atoms with Gasteiger partial charge in [-0.2, -0.15) is 13.2 Å². The van der Waals surface area contributed by atoms with Crippen LogP contribution >= 0.6 is 39.0 Å². The number of fused-ring (bicyclic) bond motifs is 2. The number of imide groups is 1. The van der Waals surface area contributed by atoms with Gasteiger partial charge in [-0.3, -0.25) is 23.7 Å². The van der Waals surface area contributed by atoms with Gasteiger partial charge in [-0.1, -0.05) is 63.3 Å². The molecule has 2 unspecified atom stereocenters. The Morgan fingerprint density at radius 1 is 0.977 bits per heavy atom. The number of phenols is 1. The molecule has 0 saturated carbocycles. The van der Waals surface area contributed by atoms with E-state index in [1.54, 1.807) is 42.5 Å². The normalized spacial score (nSPS) is 19.7. The SMILES string of the molecule is O=C(Cn1c2c(sc1=O)[C@@H](c1ccccc1O)C1C(=O)N(c3ccc(Br)cc3)C(=O)C1S2)Nc1cccc(C(F)(F)F)c1. The first-order chi connectivity index (χ1) is 20.4. The minimum atomic E-state index is -4.61. The third-order valence-electron chi connectivity index (χ3n) is 7.18. The molecule has 2 aliphatic rings. The van der Waals surface area contributed by atoms with Crippen LogP contribution in [0.2, 0.25) is 0 Å². The number of nitrogens with zero attached hydrogens (tertiary/aromatic N) is 2. The van der Waals surface area contributed by atoms with Gasteiger partial charge < -0.3 is 10.4 Å². The van der Waals surface area contributed by atoms with Crippen LogP contribution in [0.25, 0.3) is 0 Å². The fourth-order valence-electron chi connectivity index (χ4n) is 5.30. The Bertz CT molecular complexity index is 1840. The Balaban J connectivity index is 1.39. The number of thiazole rings is 1. The van der Waals surface area contributed by atoms with Crippen LogP contribution in [0.1, 0.15) is 21.9 Å². The van der Waals surface area contributed by atoms with E-state index in [-0.39, 0.29) is 16.5 Å². The zero-order chi connectivity index (χ0) is 30.6. The van der Waals surface area contributed by atoms with Crippen LogP contribution in [0.5, 0.6) is 5.75 Å². The summed E-state index contributed by atoms with van der Waals surface area (Å²) in [5.74, 6) is -3.70. The van der Waals surface area contributed by atoms with Gasteiger partial charge in [0, 0.05) is 26.5 Å². The number of aromatic hydroxyl groups is 1. The van der Waals surface area contributed by atoms with Crippen LogP contribution in [0.15, 0.2) is 87.1 Å². The predicted molar refractivity (Wildman–Crippen MR) is 158 cm³/mol. The van der Waals surface area contributed by atoms with Crippen molar-refractivity contribution in [3.05, 3.63) is 103 Å². The average molecular weight is 691 g/mol. The molecule has 1 aromatic heterocycles. The van der Waals surface area contributed by atoms with E-state index in [1.807, 2.05) is 0 Å². The molecule has 0 aliphatic carbocycles. The molecule has 3 amide bonds. The quantitative estimate of drug-likeness (QED) is 0.255. The van der Waals surface area contributed by atoms with Crippen molar-refractivity contribution in [3.8, 4) is 5.75 Å². The first-order valence-electron chi connectivity index (χ1n) is 12.7. The lowest BCUT2D eigenvalue weighted by Gasteiger charge is -2.31. The number of alkyl halides is 3. The molecule has 8 nitrogen and oxygen atoms in total. The fraction of sp³-hybridized carbons (Fsp3) is 0.172. The number of carbonyl (C=O) groups is 3. The highest BCUT2D eigenvalue weighted by Gasteiger charge is 2.57. The summed E-state index contributed by atoms with van der Waals surface area (Å²) in [5.41, 5.74) is -0.328. The molecule has 6 rings (SSSR count). The summed E-state index contributed by atoms with van der Waals surface area (Å²) in [5, 5.41) is 12.5. The number of hydrogen-bond acceptors (Lipinski definition) is 7. The lowest BCUT2D eigenvalue weighted by Crippen LogP contribution is -2.33. The van der Waals surface area contributed by atoms with Crippen molar-refractivity contribution in [1.82, 2.24) is 4.57 Å². The summed E-state index contributed by atoms with van der Waals surface area (Å²) in [4.78, 5) is 54.8. The van der Waals surface area contributed by atoms with Gasteiger partial charge in [-0.05, 0) is 48.5 Å². The second kappa shape index (κ2) is 11.0. The molecule has 220 valence electrons. The number of benzene rings is 3. The number of phenolic OH excluding ortho intramolecular Hbond substituents is 1. The van der Waals surface area contributed by atoms with Crippen LogP contribution in [0.4, 0.5) is 24.5 Å². The van der Waals surface area contributed by atoms with E-state index < -0.39 is 58.0 Å². The number of halogens is 4. The maximum atomic E-state index is 13.9. The Morgan fingerprint density at radius 2 is 1.70 bits per heavy atom. The summed E-state index contributed by atoms with van der Waals surface area (Å²) >= 11 is 5.12. The van der Waals surface area contributed by atoms with Crippen molar-refractivity contribution in [2.75, 3.05) is 10.2 Å². The molecule has 43 heavy (non-hydrogen) atoms. The number of thioether (sulfide) groups is 1. The highest BCUT2D eigenvalue weighted by molar-refractivity contribution is 9.10. The van der Waals surface area contributed by atoms with Crippen LogP contribution in [-0.4, -0.2) is 32.6 Å². The summed E-state index contributed by atoms with van der Waals surface area (Å²) in [7, 11) is 0. The maximum absolute atomic E-state index is 13.9. The van der Waals surface area contributed by atoms with Crippen molar-refractivity contribution in [2.24, 2.45) is 5.92 Å². The van der Waals surface area contributed by atoms with Crippen LogP contribution in [0.3, 0.4) is 0 Å². The second-order valence-corrected chi connectivity index (χ2v) is 12.9. The Labute approximate surface area is 258 Å². The van der Waals surface area contributed by atoms with E-state index in [4.69, 9.17) is 0 Å². The molecule has 2 aliphatic heterocycles. The number of anilines is 2. The number of amides is 3. The molecular formula is C29H19BrF3N3O5S2. The van der Waals surface area contributed by atoms with Gasteiger partial charge in [0.2, 0.25) is 17.7 Å². The molecular weight excluding hydrogens is 671 g/mol. The van der Waals surface area contributed by atoms with Crippen molar-refractivity contribution >= 4 is 68.1 Å². The minimum absolute atomic E-state index is 0.0986. The smallest absolute Gasteiger partial charge is 0.416 e. The minimum Gasteiger partial charge on any atom is -0.508 e. The number of nitrogens with one attached hydrogen (secondary N) is 1. The summed E-state index contributed by atoms with van der Waals surface area (Å²) < 4.78 is 41.3. The second-order valence-electron chi connectivity index (χ2n) is 9.84. The third-order valence-corrected chi connectivity index (χ3v) is 10.3. The third kappa shape index (κ3) is 5.27. The van der Waals surface area contributed by atoms with E-state index in [2.05, 4.69) is 21.2 Å². The van der Waals surface area contributed by atoms with Crippen molar-refractivity contribution < 1.29 is 32.7 Å². The van der Waals surface area contributed by atoms with Gasteiger partial charge >= 0.3 is 11.0 Å². The summed E-state index contributed by atoms with van der Waals surface area (Å²) in [6.45, 7) is -0.544. The Hall–Kier alpha value is -3.88. The molecule has 1 fully saturated rings. The molecule has 14 heteroatoms. The fourth-order valence-corrected chi connectivity index (χ4v) is 8.33. The molecule has 3 aromatic carbocycles. The molecule has 1 saturated heterocycles. The molecule has 2 N–H and O–H groups in total. The van der Waals surface area contributed by atoms with Gasteiger partial charge in [0.05, 0.1) is 22.2 Å². The van der Waals surface area contributed by atoms with E-state index in [0.717, 1.165) is 55.2 Å². The summed E-state index contributed by atoms with van der Waals surface area (Å²) in [6, 6.07) is 17.1. The lowest BCUT2D eigenvalue weighted by molar-refractivity contribution is -0.137. The van der Waals surface area contributed by atoms with Crippen LogP contribution in [0, 0.1) is 5.92 Å². The van der Waals surface area contributed by atoms with Gasteiger partial charge in [0.25, 0.3) is 0 Å². The number of aromatic nitrogens is 1. The Morgan fingerprint density at radius 3 is 2.40 bits per heavy atom. The zero-order valence-corrected chi connectivity index (χ0v) is 24.9. The standard InChI is InChI=1S/C29H19BrF3N3O5S2/c30-15-8-10-17(11-9-15)36-25(39)22-21(18-6-1-2-7-19(18)37)24-27(42-23(22)26(36)40)35(28(41)43-24)13-20(38)34-16-5-3-4-14(12-16)29(31,32)33/h1-12,21-23,37H,13H2,(H,34,38)/t21-,22?,23?/m0/s1. The first kappa shape index (κ1) is 29.2. The average Bonchev–Trinajstić information content (AvgIpc) is 3.40. The zero-order valence-electron chi connectivity index (χ0n) is 21.7. The van der Waals surface area contributed by atoms with Crippen molar-refractivity contribution in [2.45, 2.75) is 28.9 Å². The van der Waals surface area contributed by atoms with Crippen molar-refractivity contribution in [3.63, 3.8) is 0 Å². The first-order valence-corrected chi connectivity index (χ1v) is 15.2. The highest BCUT2D eigenvalue weighted by atomic mass is 79.9. The largest absolute Gasteiger partial charge is 0.508 e. The van der Waals surface area contributed by atoms with Gasteiger partial charge in [0.1, 0.15) is 17.5 Å². The van der Waals surface area contributed by atoms with Gasteiger partial charge in [0.15, 0.2) is 0 Å². The molecule has 3 atom stereocenters. The van der Waals surface area contributed by atoms with E-state index in [0.29, 0.717) is 16.1 Å². The summed E-state index contributed by atoms with van der Waals surface area (Å²) in [6.07, 6.45) is -4.61. The van der Waals surface area contributed by atoms with Crippen molar-refractivity contribution in [1.29, 1.82) is 0 Å². The lowest BCUT2D eigenvalue weighted by atomic mass is 9.82. The predicted octanol–water partition coefficient (Wildman–Crippen LogP) is 5.83. The van der Waals surface area contributed by atoms with E-state index in [9.17, 15) is 37.5 Å². The molecule has 0 radical (unpaired) electrons. The number of para-hydroxylation sites is 1. The monoisotopic (exact) mass is 689 g/mol. The molecule has 3 heterocycles.